The minimum atomic E-state index is -0.455. The molecule has 7 aromatic rings. The Kier molecular flexibility index (Phi) is 5.51. The third kappa shape index (κ3) is 3.48. The average Bonchev–Trinajstić information content (AvgIpc) is 3.56. The number of pyridine rings is 1. The van der Waals surface area contributed by atoms with E-state index in [2.05, 4.69) is 127 Å². The van der Waals surface area contributed by atoms with Gasteiger partial charge >= 0.3 is 0 Å². The molecule has 2 heteroatoms. The Hall–Kier alpha value is -5.73. The summed E-state index contributed by atoms with van der Waals surface area (Å²) in [7, 11) is 0. The second kappa shape index (κ2) is 9.64. The molecule has 6 aromatic carbocycles. The van der Waals surface area contributed by atoms with Gasteiger partial charge in [0.25, 0.3) is 0 Å². The van der Waals surface area contributed by atoms with Crippen LogP contribution in [0, 0.1) is 0 Å². The van der Waals surface area contributed by atoms with Crippen molar-refractivity contribution in [3.63, 3.8) is 0 Å². The van der Waals surface area contributed by atoms with Crippen molar-refractivity contribution in [2.45, 2.75) is 12.3 Å². The predicted molar refractivity (Wildman–Crippen MR) is 188 cm³/mol. The minimum Gasteiger partial charge on any atom is -0.397 e. The van der Waals surface area contributed by atoms with Crippen molar-refractivity contribution < 1.29 is 0 Å². The molecule has 0 atom stereocenters. The zero-order valence-electron chi connectivity index (χ0n) is 25.0. The summed E-state index contributed by atoms with van der Waals surface area (Å²) in [5, 5.41) is 4.94. The van der Waals surface area contributed by atoms with Gasteiger partial charge in [0.2, 0.25) is 0 Å². The van der Waals surface area contributed by atoms with Crippen LogP contribution in [0.4, 0.5) is 0 Å². The molecule has 1 spiro atoms. The molecule has 2 aliphatic carbocycles. The topological polar surface area (TPSA) is 38.9 Å². The van der Waals surface area contributed by atoms with E-state index in [1.54, 1.807) is 0 Å². The van der Waals surface area contributed by atoms with E-state index in [4.69, 9.17) is 10.7 Å². The molecule has 1 aromatic heterocycles. The molecule has 2 aliphatic rings. The molecule has 0 aliphatic heterocycles. The SMILES string of the molecule is C/C=C\C=C(/N)c1cccc(-c2cc3c(c4ccccc24)-c2cc4ccccc4cc2C32c3ccccc3-c3ccccc32)n1. The number of hydrogen-bond donors (Lipinski definition) is 1. The fraction of sp³-hybridized carbons (Fsp3) is 0.0465. The van der Waals surface area contributed by atoms with Crippen molar-refractivity contribution in [1.29, 1.82) is 0 Å². The Morgan fingerprint density at radius 1 is 0.578 bits per heavy atom. The van der Waals surface area contributed by atoms with Crippen LogP contribution < -0.4 is 5.73 Å². The first-order valence-electron chi connectivity index (χ1n) is 15.6. The number of fused-ring (bicyclic) bond motifs is 13. The van der Waals surface area contributed by atoms with E-state index in [9.17, 15) is 0 Å². The van der Waals surface area contributed by atoms with Gasteiger partial charge in [-0.05, 0) is 109 Å². The summed E-state index contributed by atoms with van der Waals surface area (Å²) in [5.41, 5.74) is 20.0. The summed E-state index contributed by atoms with van der Waals surface area (Å²) in [5.74, 6) is 0. The second-order valence-electron chi connectivity index (χ2n) is 12.0. The van der Waals surface area contributed by atoms with Gasteiger partial charge in [-0.3, -0.25) is 0 Å². The summed E-state index contributed by atoms with van der Waals surface area (Å²) in [6, 6.07) is 49.0. The van der Waals surface area contributed by atoms with Crippen LogP contribution >= 0.6 is 0 Å². The summed E-state index contributed by atoms with van der Waals surface area (Å²) < 4.78 is 0. The molecule has 0 saturated heterocycles. The summed E-state index contributed by atoms with van der Waals surface area (Å²) >= 11 is 0. The van der Waals surface area contributed by atoms with Crippen LogP contribution in [0.15, 0.2) is 152 Å². The number of nitrogens with two attached hydrogens (primary N) is 1. The maximum atomic E-state index is 6.49. The molecule has 0 saturated carbocycles. The maximum absolute atomic E-state index is 6.49. The van der Waals surface area contributed by atoms with Crippen molar-refractivity contribution in [3.8, 4) is 33.5 Å². The zero-order chi connectivity index (χ0) is 30.1. The lowest BCUT2D eigenvalue weighted by Gasteiger charge is -2.31. The van der Waals surface area contributed by atoms with E-state index in [-0.39, 0.29) is 0 Å². The monoisotopic (exact) mass is 574 g/mol. The van der Waals surface area contributed by atoms with Gasteiger partial charge in [0.05, 0.1) is 22.5 Å². The van der Waals surface area contributed by atoms with Crippen LogP contribution in [0.1, 0.15) is 34.9 Å². The van der Waals surface area contributed by atoms with Gasteiger partial charge in [-0.2, -0.15) is 0 Å². The molecule has 212 valence electrons. The van der Waals surface area contributed by atoms with E-state index in [0.717, 1.165) is 17.0 Å². The molecule has 2 nitrogen and oxygen atoms in total. The van der Waals surface area contributed by atoms with Crippen molar-refractivity contribution in [2.75, 3.05) is 0 Å². The number of benzene rings is 6. The highest BCUT2D eigenvalue weighted by Gasteiger charge is 2.52. The molecule has 9 rings (SSSR count). The third-order valence-electron chi connectivity index (χ3n) is 9.75. The standard InChI is InChI=1S/C43H30N2/c1-2-3-21-39(44)41-23-12-22-40(45-41)33-26-38-42(32-18-7-6-15-29(32)33)34-24-27-13-4-5-14-28(27)25-37(34)43(38)35-19-10-8-16-30(35)31-17-9-11-20-36(31)43/h2-26H,44H2,1H3/b3-2-,39-21-. The highest BCUT2D eigenvalue weighted by Crippen LogP contribution is 2.64. The highest BCUT2D eigenvalue weighted by molar-refractivity contribution is 6.12. The third-order valence-corrected chi connectivity index (χ3v) is 9.75. The van der Waals surface area contributed by atoms with Crippen molar-refractivity contribution in [2.24, 2.45) is 5.73 Å². The van der Waals surface area contributed by atoms with Gasteiger partial charge in [0.15, 0.2) is 0 Å². The first kappa shape index (κ1) is 25.7. The van der Waals surface area contributed by atoms with Gasteiger partial charge in [-0.1, -0.05) is 115 Å². The molecular weight excluding hydrogens is 544 g/mol. The average molecular weight is 575 g/mol. The lowest BCUT2D eigenvalue weighted by molar-refractivity contribution is 0.796. The first-order chi connectivity index (χ1) is 22.2. The summed E-state index contributed by atoms with van der Waals surface area (Å²) in [4.78, 5) is 5.14. The Balaban J connectivity index is 1.45. The smallest absolute Gasteiger partial charge is 0.0866 e. The second-order valence-corrected chi connectivity index (χ2v) is 12.0. The Bertz CT molecular complexity index is 2360. The molecule has 2 N–H and O–H groups in total. The summed E-state index contributed by atoms with van der Waals surface area (Å²) in [6.45, 7) is 1.99. The summed E-state index contributed by atoms with van der Waals surface area (Å²) in [6.07, 6.45) is 5.84. The Morgan fingerprint density at radius 3 is 1.96 bits per heavy atom. The Morgan fingerprint density at radius 2 is 1.22 bits per heavy atom. The van der Waals surface area contributed by atoms with Gasteiger partial charge < -0.3 is 5.73 Å². The van der Waals surface area contributed by atoms with Crippen LogP contribution in [-0.2, 0) is 5.41 Å². The van der Waals surface area contributed by atoms with Crippen molar-refractivity contribution in [1.82, 2.24) is 4.98 Å². The van der Waals surface area contributed by atoms with E-state index in [1.807, 2.05) is 31.2 Å². The lowest BCUT2D eigenvalue weighted by atomic mass is 9.70. The van der Waals surface area contributed by atoms with Crippen LogP contribution in [0.5, 0.6) is 0 Å². The number of hydrogen-bond acceptors (Lipinski definition) is 2. The number of aromatic nitrogens is 1. The van der Waals surface area contributed by atoms with Crippen LogP contribution in [-0.4, -0.2) is 4.98 Å². The van der Waals surface area contributed by atoms with E-state index in [1.165, 1.54) is 66.1 Å². The van der Waals surface area contributed by atoms with E-state index < -0.39 is 5.41 Å². The largest absolute Gasteiger partial charge is 0.397 e. The molecule has 0 unspecified atom stereocenters. The van der Waals surface area contributed by atoms with Crippen LogP contribution in [0.2, 0.25) is 0 Å². The van der Waals surface area contributed by atoms with Crippen LogP contribution in [0.25, 0.3) is 60.8 Å². The van der Waals surface area contributed by atoms with Crippen molar-refractivity contribution >= 4 is 27.2 Å². The quantitative estimate of drug-likeness (QED) is 0.213. The van der Waals surface area contributed by atoms with E-state index >= 15 is 0 Å². The van der Waals surface area contributed by atoms with Gasteiger partial charge in [-0.25, -0.2) is 4.98 Å². The van der Waals surface area contributed by atoms with Gasteiger partial charge in [0.1, 0.15) is 0 Å². The number of rotatable bonds is 3. The lowest BCUT2D eigenvalue weighted by Crippen LogP contribution is -2.26. The number of nitrogens with zero attached hydrogens (tertiary/aromatic N) is 1. The predicted octanol–water partition coefficient (Wildman–Crippen LogP) is 10.3. The highest BCUT2D eigenvalue weighted by atomic mass is 14.8. The molecule has 0 fully saturated rings. The van der Waals surface area contributed by atoms with Gasteiger partial charge in [0, 0.05) is 5.56 Å². The van der Waals surface area contributed by atoms with Crippen LogP contribution in [0.3, 0.4) is 0 Å². The zero-order valence-corrected chi connectivity index (χ0v) is 25.0. The molecule has 0 amide bonds. The van der Waals surface area contributed by atoms with E-state index in [0.29, 0.717) is 5.70 Å². The minimum absolute atomic E-state index is 0.455. The molecule has 45 heavy (non-hydrogen) atoms. The number of allylic oxidation sites excluding steroid dienone is 3. The van der Waals surface area contributed by atoms with Crippen molar-refractivity contribution in [3.05, 3.63) is 180 Å². The molecule has 1 heterocycles. The molecule has 0 bridgehead atoms. The molecule has 0 radical (unpaired) electrons. The fourth-order valence-corrected chi connectivity index (χ4v) is 7.92. The Labute approximate surface area is 262 Å². The normalized spacial score (nSPS) is 14.2. The fourth-order valence-electron chi connectivity index (χ4n) is 7.92. The maximum Gasteiger partial charge on any atom is 0.0866 e. The molecular formula is C43H30N2. The first-order valence-corrected chi connectivity index (χ1v) is 15.6. The van der Waals surface area contributed by atoms with Gasteiger partial charge in [-0.15, -0.1) is 0 Å².